The van der Waals surface area contributed by atoms with Crippen LogP contribution in [-0.4, -0.2) is 51.6 Å². The Labute approximate surface area is 204 Å². The van der Waals surface area contributed by atoms with Crippen molar-refractivity contribution in [2.24, 2.45) is 5.92 Å². The predicted octanol–water partition coefficient (Wildman–Crippen LogP) is 4.44. The van der Waals surface area contributed by atoms with Gasteiger partial charge in [0.15, 0.2) is 0 Å². The van der Waals surface area contributed by atoms with Gasteiger partial charge in [0.05, 0.1) is 0 Å². The second kappa shape index (κ2) is 11.6. The standard InChI is InChI=1S/C26H43N3O5/c1-11-16(3)19(27-24(33)34-26(8,9)10)23(32)29(12-2)20(22(31)28-25(5,6)7)18-15-13-14-17(4)21(18)30/h13-16,19-20,30H,11-12H2,1-10H3,(H,27,33)(H,28,31). The number of nitrogens with zero attached hydrogens (tertiary/aromatic N) is 1. The first-order valence-corrected chi connectivity index (χ1v) is 11.9. The molecule has 0 spiro atoms. The highest BCUT2D eigenvalue weighted by Gasteiger charge is 2.39. The van der Waals surface area contributed by atoms with Gasteiger partial charge in [0, 0.05) is 17.6 Å². The fourth-order valence-electron chi connectivity index (χ4n) is 3.55. The summed E-state index contributed by atoms with van der Waals surface area (Å²) in [6, 6.07) is 3.14. The van der Waals surface area contributed by atoms with Gasteiger partial charge in [0.1, 0.15) is 23.4 Å². The predicted molar refractivity (Wildman–Crippen MR) is 133 cm³/mol. The molecule has 0 heterocycles. The third-order valence-electron chi connectivity index (χ3n) is 5.40. The topological polar surface area (TPSA) is 108 Å². The highest BCUT2D eigenvalue weighted by molar-refractivity contribution is 5.93. The molecule has 0 aromatic heterocycles. The number of amides is 3. The van der Waals surface area contributed by atoms with Gasteiger partial charge in [-0.2, -0.15) is 0 Å². The quantitative estimate of drug-likeness (QED) is 0.513. The first kappa shape index (κ1) is 29.3. The van der Waals surface area contributed by atoms with Crippen LogP contribution in [0.4, 0.5) is 4.79 Å². The average molecular weight is 478 g/mol. The lowest BCUT2D eigenvalue weighted by atomic mass is 9.94. The van der Waals surface area contributed by atoms with Crippen LogP contribution in [-0.2, 0) is 14.3 Å². The SMILES string of the molecule is CCC(C)C(NC(=O)OC(C)(C)C)C(=O)N(CC)C(C(=O)NC(C)(C)C)c1cccc(C)c1O. The Balaban J connectivity index is 3.51. The van der Waals surface area contributed by atoms with E-state index < -0.39 is 41.1 Å². The fourth-order valence-corrected chi connectivity index (χ4v) is 3.55. The number of benzene rings is 1. The van der Waals surface area contributed by atoms with Crippen LogP contribution in [0.1, 0.15) is 85.9 Å². The lowest BCUT2D eigenvalue weighted by Gasteiger charge is -2.36. The lowest BCUT2D eigenvalue weighted by molar-refractivity contribution is -0.143. The Morgan fingerprint density at radius 2 is 1.68 bits per heavy atom. The molecule has 8 nitrogen and oxygen atoms in total. The van der Waals surface area contributed by atoms with Crippen molar-refractivity contribution in [3.8, 4) is 5.75 Å². The number of likely N-dealkylation sites (N-methyl/N-ethyl adjacent to an activating group) is 1. The Hall–Kier alpha value is -2.77. The van der Waals surface area contributed by atoms with Crippen LogP contribution < -0.4 is 10.6 Å². The summed E-state index contributed by atoms with van der Waals surface area (Å²) >= 11 is 0. The van der Waals surface area contributed by atoms with Crippen LogP contribution >= 0.6 is 0 Å². The minimum absolute atomic E-state index is 0.0389. The molecule has 0 saturated heterocycles. The van der Waals surface area contributed by atoms with E-state index in [1.165, 1.54) is 4.90 Å². The van der Waals surface area contributed by atoms with Gasteiger partial charge in [-0.3, -0.25) is 9.59 Å². The Bertz CT molecular complexity index is 870. The monoisotopic (exact) mass is 477 g/mol. The van der Waals surface area contributed by atoms with Crippen LogP contribution in [0.3, 0.4) is 0 Å². The first-order valence-electron chi connectivity index (χ1n) is 11.9. The zero-order chi connectivity index (χ0) is 26.4. The van der Waals surface area contributed by atoms with E-state index in [1.807, 2.05) is 34.6 Å². The summed E-state index contributed by atoms with van der Waals surface area (Å²) in [5, 5.41) is 16.4. The van der Waals surface area contributed by atoms with Gasteiger partial charge in [0.25, 0.3) is 0 Å². The van der Waals surface area contributed by atoms with Gasteiger partial charge >= 0.3 is 6.09 Å². The number of hydrogen-bond acceptors (Lipinski definition) is 5. The van der Waals surface area contributed by atoms with Gasteiger partial charge in [-0.15, -0.1) is 0 Å². The van der Waals surface area contributed by atoms with Crippen molar-refractivity contribution in [1.82, 2.24) is 15.5 Å². The molecule has 0 aliphatic rings. The van der Waals surface area contributed by atoms with Gasteiger partial charge < -0.3 is 25.4 Å². The molecule has 8 heteroatoms. The number of rotatable bonds is 8. The number of phenols is 1. The molecule has 0 aliphatic heterocycles. The van der Waals surface area contributed by atoms with E-state index in [9.17, 15) is 19.5 Å². The summed E-state index contributed by atoms with van der Waals surface area (Å²) in [5.41, 5.74) is -0.348. The zero-order valence-corrected chi connectivity index (χ0v) is 22.4. The summed E-state index contributed by atoms with van der Waals surface area (Å²) in [7, 11) is 0. The van der Waals surface area contributed by atoms with Gasteiger partial charge in [-0.1, -0.05) is 38.5 Å². The number of carbonyl (C=O) groups is 3. The van der Waals surface area contributed by atoms with E-state index in [0.29, 0.717) is 17.5 Å². The molecule has 192 valence electrons. The van der Waals surface area contributed by atoms with Crippen LogP contribution in [0.15, 0.2) is 18.2 Å². The van der Waals surface area contributed by atoms with Crippen molar-refractivity contribution in [3.63, 3.8) is 0 Å². The van der Waals surface area contributed by atoms with E-state index in [0.717, 1.165) is 0 Å². The lowest BCUT2D eigenvalue weighted by Crippen LogP contribution is -2.56. The fraction of sp³-hybridized carbons (Fsp3) is 0.654. The molecule has 3 unspecified atom stereocenters. The molecule has 3 atom stereocenters. The average Bonchev–Trinajstić information content (AvgIpc) is 2.69. The zero-order valence-electron chi connectivity index (χ0n) is 22.4. The number of hydrogen-bond donors (Lipinski definition) is 3. The molecule has 0 radical (unpaired) electrons. The van der Waals surface area contributed by atoms with Crippen molar-refractivity contribution in [3.05, 3.63) is 29.3 Å². The number of aryl methyl sites for hydroxylation is 1. The number of carbonyl (C=O) groups excluding carboxylic acids is 3. The number of ether oxygens (including phenoxy) is 1. The molecule has 1 aromatic carbocycles. The minimum atomic E-state index is -1.08. The second-order valence-electron chi connectivity index (χ2n) is 10.8. The minimum Gasteiger partial charge on any atom is -0.507 e. The molecule has 0 fully saturated rings. The normalized spacial score (nSPS) is 14.5. The Kier molecular flexibility index (Phi) is 9.97. The molecule has 0 saturated carbocycles. The van der Waals surface area contributed by atoms with Gasteiger partial charge in [-0.25, -0.2) is 4.79 Å². The Morgan fingerprint density at radius 3 is 2.15 bits per heavy atom. The van der Waals surface area contributed by atoms with Crippen molar-refractivity contribution < 1.29 is 24.2 Å². The van der Waals surface area contributed by atoms with Gasteiger partial charge in [0.2, 0.25) is 11.8 Å². The molecule has 1 rings (SSSR count). The molecule has 3 N–H and O–H groups in total. The number of aromatic hydroxyl groups is 1. The molecule has 34 heavy (non-hydrogen) atoms. The third kappa shape index (κ3) is 8.22. The summed E-state index contributed by atoms with van der Waals surface area (Å²) in [5.74, 6) is -1.09. The maximum Gasteiger partial charge on any atom is 0.408 e. The van der Waals surface area contributed by atoms with Crippen LogP contribution in [0, 0.1) is 12.8 Å². The number of nitrogens with one attached hydrogen (secondary N) is 2. The number of para-hydroxylation sites is 1. The van der Waals surface area contributed by atoms with Crippen molar-refractivity contribution in [2.75, 3.05) is 6.54 Å². The summed E-state index contributed by atoms with van der Waals surface area (Å²) in [6.45, 7) is 18.3. The molecule has 3 amide bonds. The summed E-state index contributed by atoms with van der Waals surface area (Å²) < 4.78 is 5.38. The van der Waals surface area contributed by atoms with Crippen molar-refractivity contribution in [2.45, 2.75) is 98.9 Å². The van der Waals surface area contributed by atoms with Crippen LogP contribution in [0.25, 0.3) is 0 Å². The van der Waals surface area contributed by atoms with Crippen LogP contribution in [0.2, 0.25) is 0 Å². The van der Waals surface area contributed by atoms with E-state index in [2.05, 4.69) is 10.6 Å². The molecule has 0 aliphatic carbocycles. The van der Waals surface area contributed by atoms with E-state index in [-0.39, 0.29) is 18.2 Å². The first-order chi connectivity index (χ1) is 15.5. The van der Waals surface area contributed by atoms with Crippen LogP contribution in [0.5, 0.6) is 5.75 Å². The molecule has 0 bridgehead atoms. The largest absolute Gasteiger partial charge is 0.507 e. The van der Waals surface area contributed by atoms with Gasteiger partial charge in [-0.05, 0) is 66.9 Å². The van der Waals surface area contributed by atoms with E-state index in [1.54, 1.807) is 52.8 Å². The Morgan fingerprint density at radius 1 is 1.09 bits per heavy atom. The maximum atomic E-state index is 13.9. The maximum absolute atomic E-state index is 13.9. The van der Waals surface area contributed by atoms with E-state index in [4.69, 9.17) is 4.74 Å². The molecular weight excluding hydrogens is 434 g/mol. The highest BCUT2D eigenvalue weighted by atomic mass is 16.6. The second-order valence-corrected chi connectivity index (χ2v) is 10.8. The summed E-state index contributed by atoms with van der Waals surface area (Å²) in [4.78, 5) is 41.3. The third-order valence-corrected chi connectivity index (χ3v) is 5.40. The number of alkyl carbamates (subject to hydrolysis) is 1. The number of phenolic OH excluding ortho intramolecular Hbond substituents is 1. The smallest absolute Gasteiger partial charge is 0.408 e. The van der Waals surface area contributed by atoms with E-state index >= 15 is 0 Å². The summed E-state index contributed by atoms with van der Waals surface area (Å²) in [6.07, 6.45) is -0.0745. The molecule has 1 aromatic rings. The molecular formula is C26H43N3O5. The van der Waals surface area contributed by atoms with Crippen molar-refractivity contribution >= 4 is 17.9 Å². The van der Waals surface area contributed by atoms with Crippen molar-refractivity contribution in [1.29, 1.82) is 0 Å². The highest BCUT2D eigenvalue weighted by Crippen LogP contribution is 2.33.